The molecule has 5 rings (SSSR count). The number of allylic oxidation sites excluding steroid dienone is 1. The summed E-state index contributed by atoms with van der Waals surface area (Å²) < 4.78 is 11.5. The molecule has 0 atom stereocenters. The molecule has 0 aliphatic carbocycles. The summed E-state index contributed by atoms with van der Waals surface area (Å²) in [6, 6.07) is 22.6. The Bertz CT molecular complexity index is 1660. The molecule has 0 bridgehead atoms. The van der Waals surface area contributed by atoms with Crippen molar-refractivity contribution in [1.82, 2.24) is 20.4 Å². The minimum Gasteiger partial charge on any atom is -0.481 e. The van der Waals surface area contributed by atoms with Crippen molar-refractivity contribution in [2.24, 2.45) is 0 Å². The Balaban J connectivity index is 1.45. The minimum atomic E-state index is -0.793. The van der Waals surface area contributed by atoms with Crippen molar-refractivity contribution in [3.63, 3.8) is 0 Å². The van der Waals surface area contributed by atoms with Gasteiger partial charge < -0.3 is 35.0 Å². The zero-order valence-electron chi connectivity index (χ0n) is 28.7. The maximum Gasteiger partial charge on any atom is 0.419 e. The highest BCUT2D eigenvalue weighted by atomic mass is 16.6. The standard InChI is InChI=1S/C39H47N5O6/c1-29-24-34-35(43-21-18-41-16-15-40-17-20-42(22-23-43)19-9-14-37(45)46)25-30(2)44(39(48)50-28-32-12-7-4-8-13-32)36(34)26-33(29)38(47)49-27-31-10-5-3-6-11-31/h3-8,10-13,24-26,40-41H,2,9,14-23,27-28H2,1H3,(H,45,46). The van der Waals surface area contributed by atoms with Crippen LogP contribution in [0.25, 0.3) is 5.70 Å². The Hall–Kier alpha value is -4.97. The fraction of sp³-hybridized carbons (Fsp3) is 0.359. The molecule has 0 radical (unpaired) electrons. The molecule has 3 aromatic rings. The van der Waals surface area contributed by atoms with Gasteiger partial charge in [0.1, 0.15) is 13.2 Å². The number of carboxylic acid groups (broad SMARTS) is 1. The summed E-state index contributed by atoms with van der Waals surface area (Å²) in [7, 11) is 0. The predicted octanol–water partition coefficient (Wildman–Crippen LogP) is 5.03. The number of nitrogens with one attached hydrogen (secondary N) is 2. The fourth-order valence-corrected chi connectivity index (χ4v) is 6.11. The molecule has 0 spiro atoms. The van der Waals surface area contributed by atoms with E-state index in [1.807, 2.05) is 79.7 Å². The number of aryl methyl sites for hydroxylation is 1. The maximum atomic E-state index is 13.8. The van der Waals surface area contributed by atoms with Gasteiger partial charge in [-0.15, -0.1) is 0 Å². The number of nitrogens with zero attached hydrogens (tertiary/aromatic N) is 3. The van der Waals surface area contributed by atoms with E-state index >= 15 is 0 Å². The first-order valence-electron chi connectivity index (χ1n) is 17.2. The molecule has 50 heavy (non-hydrogen) atoms. The molecular formula is C39H47N5O6. The van der Waals surface area contributed by atoms with Crippen LogP contribution in [0.1, 0.15) is 45.5 Å². The van der Waals surface area contributed by atoms with Crippen LogP contribution in [0, 0.1) is 6.92 Å². The van der Waals surface area contributed by atoms with Gasteiger partial charge in [-0.2, -0.15) is 0 Å². The van der Waals surface area contributed by atoms with Gasteiger partial charge in [-0.05, 0) is 54.8 Å². The second kappa shape index (κ2) is 18.1. The lowest BCUT2D eigenvalue weighted by atomic mass is 9.95. The average molecular weight is 682 g/mol. The zero-order valence-corrected chi connectivity index (χ0v) is 28.7. The number of esters is 1. The van der Waals surface area contributed by atoms with E-state index in [1.54, 1.807) is 6.07 Å². The highest BCUT2D eigenvalue weighted by Crippen LogP contribution is 2.39. The summed E-state index contributed by atoms with van der Waals surface area (Å²) in [6.45, 7) is 13.0. The van der Waals surface area contributed by atoms with Crippen molar-refractivity contribution in [2.75, 3.05) is 63.8 Å². The molecule has 2 aliphatic heterocycles. The molecule has 3 N–H and O–H groups in total. The normalized spacial score (nSPS) is 16.0. The van der Waals surface area contributed by atoms with E-state index in [2.05, 4.69) is 27.0 Å². The van der Waals surface area contributed by atoms with Gasteiger partial charge in [0.15, 0.2) is 0 Å². The maximum absolute atomic E-state index is 13.8. The lowest BCUT2D eigenvalue weighted by Gasteiger charge is -2.37. The number of fused-ring (bicyclic) bond motifs is 1. The summed E-state index contributed by atoms with van der Waals surface area (Å²) in [5, 5.41) is 16.2. The van der Waals surface area contributed by atoms with Crippen LogP contribution in [0.5, 0.6) is 0 Å². The van der Waals surface area contributed by atoms with Crippen molar-refractivity contribution >= 4 is 29.4 Å². The van der Waals surface area contributed by atoms with Crippen LogP contribution in [-0.2, 0) is 27.5 Å². The van der Waals surface area contributed by atoms with Crippen molar-refractivity contribution in [2.45, 2.75) is 33.0 Å². The van der Waals surface area contributed by atoms with Gasteiger partial charge in [0.05, 0.1) is 11.3 Å². The number of rotatable bonds is 10. The average Bonchev–Trinajstić information content (AvgIpc) is 3.11. The smallest absolute Gasteiger partial charge is 0.419 e. The van der Waals surface area contributed by atoms with Gasteiger partial charge in [-0.3, -0.25) is 4.79 Å². The molecule has 0 unspecified atom stereocenters. The number of anilines is 1. The number of ether oxygens (including phenoxy) is 2. The quantitative estimate of drug-likeness (QED) is 0.251. The van der Waals surface area contributed by atoms with E-state index in [4.69, 9.17) is 9.47 Å². The molecule has 2 heterocycles. The number of carbonyl (C=O) groups is 3. The van der Waals surface area contributed by atoms with E-state index in [9.17, 15) is 19.5 Å². The van der Waals surface area contributed by atoms with E-state index < -0.39 is 18.0 Å². The van der Waals surface area contributed by atoms with Crippen molar-refractivity contribution in [3.8, 4) is 0 Å². The molecular weight excluding hydrogens is 634 g/mol. The molecule has 0 aromatic heterocycles. The Morgan fingerprint density at radius 1 is 0.820 bits per heavy atom. The third kappa shape index (κ3) is 10.0. The lowest BCUT2D eigenvalue weighted by molar-refractivity contribution is -0.137. The largest absolute Gasteiger partial charge is 0.481 e. The summed E-state index contributed by atoms with van der Waals surface area (Å²) in [6.07, 6.45) is 2.00. The first-order valence-corrected chi connectivity index (χ1v) is 17.2. The van der Waals surface area contributed by atoms with Crippen molar-refractivity contribution < 1.29 is 29.0 Å². The van der Waals surface area contributed by atoms with Gasteiger partial charge in [0.25, 0.3) is 0 Å². The molecule has 1 saturated heterocycles. The molecule has 11 nitrogen and oxygen atoms in total. The van der Waals surface area contributed by atoms with Crippen LogP contribution < -0.4 is 15.5 Å². The first-order chi connectivity index (χ1) is 24.3. The van der Waals surface area contributed by atoms with Crippen LogP contribution in [-0.4, -0.2) is 91.8 Å². The third-order valence-electron chi connectivity index (χ3n) is 8.80. The molecule has 0 saturated carbocycles. The Kier molecular flexibility index (Phi) is 13.2. The summed E-state index contributed by atoms with van der Waals surface area (Å²) in [4.78, 5) is 44.5. The summed E-state index contributed by atoms with van der Waals surface area (Å²) in [5.74, 6) is -1.28. The Morgan fingerprint density at radius 3 is 2.12 bits per heavy atom. The molecule has 2 aliphatic rings. The second-order valence-corrected chi connectivity index (χ2v) is 12.5. The van der Waals surface area contributed by atoms with Gasteiger partial charge in [0, 0.05) is 75.7 Å². The highest BCUT2D eigenvalue weighted by Gasteiger charge is 2.32. The number of carbonyl (C=O) groups excluding carboxylic acids is 2. The van der Waals surface area contributed by atoms with Crippen LogP contribution in [0.15, 0.2) is 91.1 Å². The highest BCUT2D eigenvalue weighted by molar-refractivity contribution is 6.02. The summed E-state index contributed by atoms with van der Waals surface area (Å²) >= 11 is 0. The van der Waals surface area contributed by atoms with Gasteiger partial charge in [-0.1, -0.05) is 67.2 Å². The second-order valence-electron chi connectivity index (χ2n) is 12.5. The number of benzene rings is 3. The third-order valence-corrected chi connectivity index (χ3v) is 8.80. The Labute approximate surface area is 294 Å². The minimum absolute atomic E-state index is 0.0809. The molecule has 11 heteroatoms. The lowest BCUT2D eigenvalue weighted by Crippen LogP contribution is -2.44. The zero-order chi connectivity index (χ0) is 35.3. The number of carboxylic acids is 1. The van der Waals surface area contributed by atoms with Crippen molar-refractivity contribution in [1.29, 1.82) is 0 Å². The van der Waals surface area contributed by atoms with Gasteiger partial charge in [-0.25, -0.2) is 14.5 Å². The number of aliphatic carboxylic acids is 1. The van der Waals surface area contributed by atoms with Crippen LogP contribution >= 0.6 is 0 Å². The Morgan fingerprint density at radius 2 is 1.46 bits per heavy atom. The fourth-order valence-electron chi connectivity index (χ4n) is 6.11. The van der Waals surface area contributed by atoms with Crippen LogP contribution in [0.2, 0.25) is 0 Å². The number of hydrogen-bond acceptors (Lipinski definition) is 9. The monoisotopic (exact) mass is 681 g/mol. The number of hydrogen-bond donors (Lipinski definition) is 3. The predicted molar refractivity (Wildman–Crippen MR) is 194 cm³/mol. The first kappa shape index (κ1) is 36.3. The summed E-state index contributed by atoms with van der Waals surface area (Å²) in [5.41, 5.74) is 5.35. The van der Waals surface area contributed by atoms with E-state index in [0.717, 1.165) is 55.1 Å². The molecule has 1 amide bonds. The molecule has 264 valence electrons. The van der Waals surface area contributed by atoms with E-state index in [0.29, 0.717) is 55.1 Å². The SMILES string of the molecule is C=C1C=C(N2CCNCCNCCN(CCCC(=O)O)CC2)c2cc(C)c(C(=O)OCc3ccccc3)cc2N1C(=O)OCc1ccccc1. The van der Waals surface area contributed by atoms with Crippen LogP contribution in [0.4, 0.5) is 10.5 Å². The van der Waals surface area contributed by atoms with Crippen molar-refractivity contribution in [3.05, 3.63) is 119 Å². The topological polar surface area (TPSA) is 124 Å². The van der Waals surface area contributed by atoms with E-state index in [1.165, 1.54) is 4.90 Å². The van der Waals surface area contributed by atoms with Crippen LogP contribution in [0.3, 0.4) is 0 Å². The number of amides is 1. The van der Waals surface area contributed by atoms with E-state index in [-0.39, 0.29) is 19.6 Å². The van der Waals surface area contributed by atoms with Gasteiger partial charge >= 0.3 is 18.0 Å². The van der Waals surface area contributed by atoms with Gasteiger partial charge in [0.2, 0.25) is 0 Å². The molecule has 3 aromatic carbocycles. The molecule has 1 fully saturated rings.